The van der Waals surface area contributed by atoms with E-state index < -0.39 is 0 Å². The largest absolute Gasteiger partial charge is 0.355 e. The third-order valence-electron chi connectivity index (χ3n) is 8.05. The molecule has 0 radical (unpaired) electrons. The Morgan fingerprint density at radius 1 is 1.16 bits per heavy atom. The molecular weight excluding hydrogens is 412 g/mol. The summed E-state index contributed by atoms with van der Waals surface area (Å²) in [5.41, 5.74) is 0. The quantitative estimate of drug-likeness (QED) is 0.517. The van der Waals surface area contributed by atoms with Crippen LogP contribution in [-0.2, 0) is 9.59 Å². The third kappa shape index (κ3) is 6.35. The number of hydrogen-bond donors (Lipinski definition) is 3. The van der Waals surface area contributed by atoms with Crippen LogP contribution in [0.1, 0.15) is 59.8 Å². The Kier molecular flexibility index (Phi) is 9.06. The van der Waals surface area contributed by atoms with Crippen molar-refractivity contribution in [3.63, 3.8) is 0 Å². The second-order valence-corrected chi connectivity index (χ2v) is 11.0. The summed E-state index contributed by atoms with van der Waals surface area (Å²) >= 11 is 6.69. The highest BCUT2D eigenvalue weighted by Gasteiger charge is 2.41. The lowest BCUT2D eigenvalue weighted by molar-refractivity contribution is -0.132. The number of piperidine rings is 2. The summed E-state index contributed by atoms with van der Waals surface area (Å²) in [7, 11) is 0. The molecule has 178 valence electrons. The predicted molar refractivity (Wildman–Crippen MR) is 126 cm³/mol. The van der Waals surface area contributed by atoms with Crippen molar-refractivity contribution in [2.75, 3.05) is 32.7 Å². The smallest absolute Gasteiger partial charge is 0.225 e. The van der Waals surface area contributed by atoms with Gasteiger partial charge in [-0.2, -0.15) is 0 Å². The maximum atomic E-state index is 13.2. The summed E-state index contributed by atoms with van der Waals surface area (Å²) in [5.74, 6) is 1.16. The zero-order valence-corrected chi connectivity index (χ0v) is 20.6. The van der Waals surface area contributed by atoms with Gasteiger partial charge in [-0.3, -0.25) is 9.59 Å². The molecule has 7 unspecified atom stereocenters. The Morgan fingerprint density at radius 2 is 1.87 bits per heavy atom. The minimum atomic E-state index is -0.145. The van der Waals surface area contributed by atoms with Gasteiger partial charge in [0.1, 0.15) is 0 Å². The molecule has 3 N–H and O–H groups in total. The lowest BCUT2D eigenvalue weighted by Crippen LogP contribution is -2.54. The number of hydrogen-bond acceptors (Lipinski definition) is 4. The van der Waals surface area contributed by atoms with Crippen molar-refractivity contribution in [3.05, 3.63) is 0 Å². The van der Waals surface area contributed by atoms with Gasteiger partial charge in [0.15, 0.2) is 0 Å². The Morgan fingerprint density at radius 3 is 2.52 bits per heavy atom. The first-order valence-corrected chi connectivity index (χ1v) is 12.9. The number of nitrogens with zero attached hydrogens (tertiary/aromatic N) is 1. The molecule has 2 aliphatic heterocycles. The molecule has 6 nitrogen and oxygen atoms in total. The molecule has 0 spiro atoms. The summed E-state index contributed by atoms with van der Waals surface area (Å²) in [6.07, 6.45) is 5.09. The molecule has 2 saturated heterocycles. The van der Waals surface area contributed by atoms with E-state index in [9.17, 15) is 9.59 Å². The van der Waals surface area contributed by atoms with Gasteiger partial charge in [-0.1, -0.05) is 20.8 Å². The zero-order valence-electron chi connectivity index (χ0n) is 19.8. The van der Waals surface area contributed by atoms with Crippen molar-refractivity contribution < 1.29 is 9.59 Å². The van der Waals surface area contributed by atoms with Gasteiger partial charge in [0.05, 0.1) is 5.92 Å². The number of carbonyl (C=O) groups excluding carboxylic acids is 2. The molecule has 0 bridgehead atoms. The van der Waals surface area contributed by atoms with Crippen LogP contribution in [0, 0.1) is 29.6 Å². The number of nitrogens with one attached hydrogen (secondary N) is 3. The van der Waals surface area contributed by atoms with Crippen LogP contribution in [0.2, 0.25) is 0 Å². The van der Waals surface area contributed by atoms with Crippen LogP contribution in [0.3, 0.4) is 0 Å². The van der Waals surface area contributed by atoms with Crippen molar-refractivity contribution in [3.8, 4) is 0 Å². The van der Waals surface area contributed by atoms with Crippen LogP contribution < -0.4 is 16.0 Å². The van der Waals surface area contributed by atoms with E-state index in [1.165, 1.54) is 12.8 Å². The number of halogens is 1. The van der Waals surface area contributed by atoms with Gasteiger partial charge in [-0.15, -0.1) is 11.6 Å². The molecule has 0 aromatic heterocycles. The Balaban J connectivity index is 1.59. The molecule has 3 rings (SSSR count). The summed E-state index contributed by atoms with van der Waals surface area (Å²) in [4.78, 5) is 28.2. The van der Waals surface area contributed by atoms with Crippen molar-refractivity contribution in [2.24, 2.45) is 29.6 Å². The summed E-state index contributed by atoms with van der Waals surface area (Å²) in [5, 5.41) is 9.62. The number of carbonyl (C=O) groups is 2. The summed E-state index contributed by atoms with van der Waals surface area (Å²) < 4.78 is 0. The standard InChI is InChI=1S/C24H43ClN4O2/c1-5-29(14-18-6-8-26-9-7-18)22-12-19(25)11-20(17(22)4)23(30)27-13-21-15(2)10-16(3)28-24(21)31/h15-22,26H,5-14H2,1-4H3,(H,27,30)(H,28,31). The van der Waals surface area contributed by atoms with Gasteiger partial charge >= 0.3 is 0 Å². The van der Waals surface area contributed by atoms with E-state index in [1.807, 2.05) is 6.92 Å². The second-order valence-electron chi connectivity index (χ2n) is 10.4. The first-order valence-electron chi connectivity index (χ1n) is 12.5. The van der Waals surface area contributed by atoms with Crippen LogP contribution in [0.15, 0.2) is 0 Å². The van der Waals surface area contributed by atoms with Crippen LogP contribution in [0.4, 0.5) is 0 Å². The molecule has 1 saturated carbocycles. The topological polar surface area (TPSA) is 73.5 Å². The van der Waals surface area contributed by atoms with Crippen LogP contribution >= 0.6 is 11.6 Å². The summed E-state index contributed by atoms with van der Waals surface area (Å²) in [6, 6.07) is 0.551. The molecule has 2 amide bonds. The SMILES string of the molecule is CCN(CC1CCNCC1)C1CC(Cl)CC(C(=O)NCC2C(=O)NC(C)CC2C)C1C. The van der Waals surface area contributed by atoms with Gasteiger partial charge in [-0.05, 0) is 76.4 Å². The lowest BCUT2D eigenvalue weighted by Gasteiger charge is -2.45. The third-order valence-corrected chi connectivity index (χ3v) is 8.40. The first-order chi connectivity index (χ1) is 14.8. The highest BCUT2D eigenvalue weighted by atomic mass is 35.5. The average molecular weight is 455 g/mol. The van der Waals surface area contributed by atoms with Crippen molar-refractivity contribution >= 4 is 23.4 Å². The van der Waals surface area contributed by atoms with Crippen LogP contribution in [-0.4, -0.2) is 66.9 Å². The molecule has 3 aliphatic rings. The van der Waals surface area contributed by atoms with Gasteiger partial charge in [0.25, 0.3) is 0 Å². The Labute approximate surface area is 193 Å². The molecular formula is C24H43ClN4O2. The van der Waals surface area contributed by atoms with E-state index in [2.05, 4.69) is 41.6 Å². The molecule has 7 atom stereocenters. The molecule has 0 aromatic carbocycles. The minimum Gasteiger partial charge on any atom is -0.355 e. The average Bonchev–Trinajstić information content (AvgIpc) is 2.73. The summed E-state index contributed by atoms with van der Waals surface area (Å²) in [6.45, 7) is 13.3. The number of alkyl halides is 1. The molecule has 3 fully saturated rings. The van der Waals surface area contributed by atoms with Crippen molar-refractivity contribution in [1.29, 1.82) is 0 Å². The van der Waals surface area contributed by atoms with Gasteiger partial charge in [-0.25, -0.2) is 0 Å². The monoisotopic (exact) mass is 454 g/mol. The molecule has 2 heterocycles. The van der Waals surface area contributed by atoms with E-state index in [0.29, 0.717) is 12.6 Å². The lowest BCUT2D eigenvalue weighted by atomic mass is 9.75. The first kappa shape index (κ1) is 24.8. The van der Waals surface area contributed by atoms with Gasteiger partial charge in [0, 0.05) is 36.5 Å². The zero-order chi connectivity index (χ0) is 22.5. The maximum absolute atomic E-state index is 13.2. The van der Waals surface area contributed by atoms with E-state index in [1.54, 1.807) is 0 Å². The fourth-order valence-corrected chi connectivity index (χ4v) is 6.45. The van der Waals surface area contributed by atoms with E-state index in [0.717, 1.165) is 51.4 Å². The Bertz CT molecular complexity index is 612. The fraction of sp³-hybridized carbons (Fsp3) is 0.917. The van der Waals surface area contributed by atoms with Gasteiger partial charge < -0.3 is 20.9 Å². The Hall–Kier alpha value is -0.850. The van der Waals surface area contributed by atoms with Crippen LogP contribution in [0.5, 0.6) is 0 Å². The van der Waals surface area contributed by atoms with E-state index >= 15 is 0 Å². The highest BCUT2D eigenvalue weighted by Crippen LogP contribution is 2.37. The number of rotatable bonds is 7. The predicted octanol–water partition coefficient (Wildman–Crippen LogP) is 2.61. The maximum Gasteiger partial charge on any atom is 0.225 e. The minimum absolute atomic E-state index is 0.0248. The van der Waals surface area contributed by atoms with Crippen molar-refractivity contribution in [1.82, 2.24) is 20.9 Å². The second kappa shape index (κ2) is 11.3. The molecule has 31 heavy (non-hydrogen) atoms. The van der Waals surface area contributed by atoms with E-state index in [4.69, 9.17) is 11.6 Å². The van der Waals surface area contributed by atoms with Crippen LogP contribution in [0.25, 0.3) is 0 Å². The molecule has 0 aromatic rings. The fourth-order valence-electron chi connectivity index (χ4n) is 6.08. The van der Waals surface area contributed by atoms with E-state index in [-0.39, 0.29) is 46.9 Å². The molecule has 7 heteroatoms. The molecule has 1 aliphatic carbocycles. The van der Waals surface area contributed by atoms with Crippen molar-refractivity contribution in [2.45, 2.75) is 77.3 Å². The number of amides is 2. The highest BCUT2D eigenvalue weighted by molar-refractivity contribution is 6.20. The van der Waals surface area contributed by atoms with Gasteiger partial charge in [0.2, 0.25) is 11.8 Å². The normalized spacial score (nSPS) is 37.5.